The van der Waals surface area contributed by atoms with Gasteiger partial charge in [-0.15, -0.1) is 0 Å². The van der Waals surface area contributed by atoms with Crippen molar-refractivity contribution < 1.29 is 19.1 Å². The van der Waals surface area contributed by atoms with Gasteiger partial charge in [-0.05, 0) is 60.9 Å². The molecule has 11 heteroatoms. The molecule has 2 amide bonds. The fraction of sp³-hybridized carbons (Fsp3) is 0.317. The van der Waals surface area contributed by atoms with Gasteiger partial charge in [0.2, 0.25) is 11.8 Å². The molecule has 3 N–H and O–H groups in total. The smallest absolute Gasteiger partial charge is 0.220 e. The number of benzene rings is 4. The number of hydrogen-bond donors (Lipinski definition) is 3. The molecule has 2 saturated heterocycles. The van der Waals surface area contributed by atoms with E-state index >= 15 is 0 Å². The first-order valence-corrected chi connectivity index (χ1v) is 18.2. The molecule has 0 unspecified atom stereocenters. The van der Waals surface area contributed by atoms with Crippen molar-refractivity contribution in [2.24, 2.45) is 0 Å². The van der Waals surface area contributed by atoms with Crippen molar-refractivity contribution in [1.82, 2.24) is 16.0 Å². The van der Waals surface area contributed by atoms with Crippen LogP contribution in [0.2, 0.25) is 10.0 Å². The van der Waals surface area contributed by atoms with E-state index in [4.69, 9.17) is 32.7 Å². The topological polar surface area (TPSA) is 136 Å². The van der Waals surface area contributed by atoms with Gasteiger partial charge in [0.15, 0.2) is 13.2 Å². The molecular formula is C41H39Cl2N5O4. The molecule has 0 spiro atoms. The van der Waals surface area contributed by atoms with Gasteiger partial charge in [-0.25, -0.2) is 0 Å². The molecule has 0 bridgehead atoms. The molecule has 52 heavy (non-hydrogen) atoms. The number of aryl methyl sites for hydroxylation is 1. The molecule has 0 aliphatic carbocycles. The van der Waals surface area contributed by atoms with Gasteiger partial charge >= 0.3 is 0 Å². The summed E-state index contributed by atoms with van der Waals surface area (Å²) in [5, 5.41) is 28.9. The SMILES string of the molecule is N#CCOc1cc(-c2cccc(-c3cccc(-c4ccc(CNC[C@@H]5CCC(=O)N5)c(OCC#N)c4)c3Cl)c2Cl)ccc1CCC[C@@H]1CCC(=O)N1. The van der Waals surface area contributed by atoms with E-state index < -0.39 is 0 Å². The molecule has 0 radical (unpaired) electrons. The van der Waals surface area contributed by atoms with Gasteiger partial charge in [0.1, 0.15) is 23.6 Å². The zero-order chi connectivity index (χ0) is 36.5. The summed E-state index contributed by atoms with van der Waals surface area (Å²) in [5.74, 6) is 1.40. The lowest BCUT2D eigenvalue weighted by molar-refractivity contribution is -0.120. The summed E-state index contributed by atoms with van der Waals surface area (Å²) in [4.78, 5) is 23.2. The molecule has 0 saturated carbocycles. The highest BCUT2D eigenvalue weighted by Gasteiger charge is 2.22. The summed E-state index contributed by atoms with van der Waals surface area (Å²) in [6, 6.07) is 27.8. The van der Waals surface area contributed by atoms with E-state index in [0.717, 1.165) is 76.6 Å². The summed E-state index contributed by atoms with van der Waals surface area (Å²) in [6.45, 7) is 0.968. The lowest BCUT2D eigenvalue weighted by Gasteiger charge is -2.17. The van der Waals surface area contributed by atoms with Gasteiger partial charge in [0.25, 0.3) is 0 Å². The molecule has 4 aromatic rings. The van der Waals surface area contributed by atoms with Crippen LogP contribution in [0, 0.1) is 22.7 Å². The number of carbonyl (C=O) groups is 2. The lowest BCUT2D eigenvalue weighted by Crippen LogP contribution is -2.35. The number of nitriles is 2. The van der Waals surface area contributed by atoms with Crippen molar-refractivity contribution in [3.63, 3.8) is 0 Å². The normalized spacial score (nSPS) is 16.5. The Kier molecular flexibility index (Phi) is 12.3. The number of ether oxygens (including phenoxy) is 2. The van der Waals surface area contributed by atoms with Crippen molar-refractivity contribution in [3.05, 3.63) is 94.0 Å². The number of nitrogens with one attached hydrogen (secondary N) is 3. The Labute approximate surface area is 313 Å². The van der Waals surface area contributed by atoms with Crippen LogP contribution >= 0.6 is 23.2 Å². The number of nitrogens with zero attached hydrogens (tertiary/aromatic N) is 2. The van der Waals surface area contributed by atoms with Crippen LogP contribution in [0.25, 0.3) is 33.4 Å². The van der Waals surface area contributed by atoms with Crippen LogP contribution in [0.15, 0.2) is 72.8 Å². The molecule has 266 valence electrons. The fourth-order valence-corrected chi connectivity index (χ4v) is 7.53. The minimum absolute atomic E-state index is 0.0750. The predicted molar refractivity (Wildman–Crippen MR) is 202 cm³/mol. The Bertz CT molecular complexity index is 1890. The van der Waals surface area contributed by atoms with Gasteiger partial charge in [-0.3, -0.25) is 9.59 Å². The predicted octanol–water partition coefficient (Wildman–Crippen LogP) is 7.77. The molecule has 2 aliphatic rings. The Morgan fingerprint density at radius 1 is 0.712 bits per heavy atom. The van der Waals surface area contributed by atoms with Gasteiger partial charge in [0, 0.05) is 65.8 Å². The fourth-order valence-electron chi connectivity index (χ4n) is 6.86. The number of hydrogen-bond acceptors (Lipinski definition) is 7. The van der Waals surface area contributed by atoms with E-state index in [0.29, 0.717) is 47.5 Å². The zero-order valence-electron chi connectivity index (χ0n) is 28.6. The third-order valence-electron chi connectivity index (χ3n) is 9.50. The Morgan fingerprint density at radius 3 is 1.77 bits per heavy atom. The first-order chi connectivity index (χ1) is 25.3. The maximum atomic E-state index is 11.6. The van der Waals surface area contributed by atoms with Gasteiger partial charge in [0.05, 0.1) is 10.0 Å². The van der Waals surface area contributed by atoms with Crippen LogP contribution in [-0.2, 0) is 22.6 Å². The Balaban J connectivity index is 1.24. The summed E-state index contributed by atoms with van der Waals surface area (Å²) in [7, 11) is 0. The summed E-state index contributed by atoms with van der Waals surface area (Å²) < 4.78 is 11.7. The lowest BCUT2D eigenvalue weighted by atomic mass is 9.94. The highest BCUT2D eigenvalue weighted by atomic mass is 35.5. The quantitative estimate of drug-likeness (QED) is 0.114. The Morgan fingerprint density at radius 2 is 1.23 bits per heavy atom. The van der Waals surface area contributed by atoms with E-state index in [1.807, 2.05) is 78.9 Å². The monoisotopic (exact) mass is 735 g/mol. The van der Waals surface area contributed by atoms with Crippen LogP contribution in [0.3, 0.4) is 0 Å². The van der Waals surface area contributed by atoms with Crippen molar-refractivity contribution >= 4 is 35.0 Å². The molecule has 0 aromatic heterocycles. The molecular weight excluding hydrogens is 697 g/mol. The summed E-state index contributed by atoms with van der Waals surface area (Å²) in [5.41, 5.74) is 6.64. The van der Waals surface area contributed by atoms with Crippen LogP contribution in [0.1, 0.15) is 49.7 Å². The zero-order valence-corrected chi connectivity index (χ0v) is 30.2. The number of halogens is 2. The third-order valence-corrected chi connectivity index (χ3v) is 10.3. The van der Waals surface area contributed by atoms with Gasteiger partial charge in [-0.2, -0.15) is 10.5 Å². The summed E-state index contributed by atoms with van der Waals surface area (Å²) in [6.07, 6.45) is 5.32. The second kappa shape index (κ2) is 17.4. The van der Waals surface area contributed by atoms with Crippen molar-refractivity contribution in [2.45, 2.75) is 63.6 Å². The van der Waals surface area contributed by atoms with E-state index in [1.165, 1.54) is 0 Å². The molecule has 2 heterocycles. The minimum atomic E-state index is -0.102. The van der Waals surface area contributed by atoms with Crippen LogP contribution in [0.4, 0.5) is 0 Å². The van der Waals surface area contributed by atoms with Crippen LogP contribution in [0.5, 0.6) is 11.5 Å². The second-order valence-corrected chi connectivity index (χ2v) is 13.8. The van der Waals surface area contributed by atoms with Crippen molar-refractivity contribution in [3.8, 4) is 57.0 Å². The van der Waals surface area contributed by atoms with Gasteiger partial charge in [-0.1, -0.05) is 83.9 Å². The molecule has 2 fully saturated rings. The van der Waals surface area contributed by atoms with E-state index in [-0.39, 0.29) is 37.1 Å². The average molecular weight is 737 g/mol. The molecule has 6 rings (SSSR count). The first kappa shape index (κ1) is 36.7. The molecule has 9 nitrogen and oxygen atoms in total. The summed E-state index contributed by atoms with van der Waals surface area (Å²) >= 11 is 14.3. The highest BCUT2D eigenvalue weighted by molar-refractivity contribution is 6.39. The number of rotatable bonds is 15. The van der Waals surface area contributed by atoms with E-state index in [9.17, 15) is 20.1 Å². The molecule has 2 atom stereocenters. The van der Waals surface area contributed by atoms with Crippen LogP contribution < -0.4 is 25.4 Å². The minimum Gasteiger partial charge on any atom is -0.478 e. The van der Waals surface area contributed by atoms with E-state index in [2.05, 4.69) is 22.0 Å². The van der Waals surface area contributed by atoms with E-state index in [1.54, 1.807) is 0 Å². The standard InChI is InChI=1S/C41H39Cl2N5O4/c42-40-32(27-11-10-26(36(22-27)51-20-18-44)4-1-5-30-14-16-38(49)47-30)6-2-8-34(40)35-9-3-7-33(41(35)43)28-12-13-29(37(23-28)52-21-19-45)24-46-25-31-15-17-39(50)48-31/h2-3,6-13,22-23,30-31,46H,1,4-5,14-17,20-21,24-25H2,(H,47,49)(H,48,50)/t30-,31+/m1/s1. The highest BCUT2D eigenvalue weighted by Crippen LogP contribution is 2.43. The first-order valence-electron chi connectivity index (χ1n) is 17.5. The molecule has 4 aromatic carbocycles. The maximum absolute atomic E-state index is 11.6. The number of carbonyl (C=O) groups excluding carboxylic acids is 2. The van der Waals surface area contributed by atoms with Crippen molar-refractivity contribution in [2.75, 3.05) is 19.8 Å². The second-order valence-electron chi connectivity index (χ2n) is 13.0. The maximum Gasteiger partial charge on any atom is 0.220 e. The largest absolute Gasteiger partial charge is 0.478 e. The molecule has 2 aliphatic heterocycles. The number of amides is 2. The van der Waals surface area contributed by atoms with Gasteiger partial charge < -0.3 is 25.4 Å². The third kappa shape index (κ3) is 8.86. The van der Waals surface area contributed by atoms with Crippen molar-refractivity contribution in [1.29, 1.82) is 10.5 Å². The van der Waals surface area contributed by atoms with Crippen LogP contribution in [-0.4, -0.2) is 43.7 Å². The average Bonchev–Trinajstić information content (AvgIpc) is 3.77. The Hall–Kier alpha value is -5.06.